The molecule has 0 atom stereocenters. The molecular weight excluding hydrogens is 261 g/mol. The number of hydrogen-bond donors (Lipinski definition) is 2. The van der Waals surface area contributed by atoms with Crippen LogP contribution in [0.5, 0.6) is 0 Å². The number of nitrogens with zero attached hydrogens (tertiary/aromatic N) is 2. The van der Waals surface area contributed by atoms with Crippen molar-refractivity contribution in [1.29, 1.82) is 0 Å². The van der Waals surface area contributed by atoms with Gasteiger partial charge in [-0.15, -0.1) is 0 Å². The molecule has 0 unspecified atom stereocenters. The number of carboxylic acids is 1. The van der Waals surface area contributed by atoms with Gasteiger partial charge < -0.3 is 10.4 Å². The minimum atomic E-state index is -1.29. The maximum Gasteiger partial charge on any atom is 0.340 e. The molecule has 6 heteroatoms. The Morgan fingerprint density at radius 3 is 2.70 bits per heavy atom. The smallest absolute Gasteiger partial charge is 0.340 e. The molecule has 0 fully saturated rings. The molecule has 1 aromatic heterocycles. The van der Waals surface area contributed by atoms with E-state index in [1.54, 1.807) is 10.7 Å². The molecule has 2 N–H and O–H groups in total. The lowest BCUT2D eigenvalue weighted by molar-refractivity contribution is 0.0693. The number of aryl methyl sites for hydroxylation is 2. The van der Waals surface area contributed by atoms with Gasteiger partial charge in [0.15, 0.2) is 0 Å². The molecule has 0 aliphatic heterocycles. The lowest BCUT2D eigenvalue weighted by atomic mass is 10.1. The van der Waals surface area contributed by atoms with Crippen LogP contribution in [0.2, 0.25) is 0 Å². The first kappa shape index (κ1) is 14.0. The van der Waals surface area contributed by atoms with Crippen molar-refractivity contribution in [2.45, 2.75) is 20.4 Å². The molecule has 5 nitrogen and oxygen atoms in total. The Hall–Kier alpha value is -2.37. The third kappa shape index (κ3) is 2.49. The van der Waals surface area contributed by atoms with Gasteiger partial charge in [-0.3, -0.25) is 4.68 Å². The lowest BCUT2D eigenvalue weighted by Crippen LogP contribution is -2.09. The highest BCUT2D eigenvalue weighted by atomic mass is 19.1. The molecular formula is C14H16FN3O2. The van der Waals surface area contributed by atoms with Crippen molar-refractivity contribution >= 4 is 11.7 Å². The third-order valence-electron chi connectivity index (χ3n) is 3.34. The van der Waals surface area contributed by atoms with E-state index in [0.29, 0.717) is 6.54 Å². The number of anilines is 1. The Labute approximate surface area is 116 Å². The number of benzene rings is 1. The molecule has 0 aliphatic carbocycles. The first-order valence-corrected chi connectivity index (χ1v) is 6.16. The second-order valence-electron chi connectivity index (χ2n) is 4.59. The highest BCUT2D eigenvalue weighted by Gasteiger charge is 2.16. The zero-order valence-corrected chi connectivity index (χ0v) is 11.6. The Balaban J connectivity index is 2.28. The van der Waals surface area contributed by atoms with Crippen LogP contribution in [0.3, 0.4) is 0 Å². The minimum absolute atomic E-state index is 0.264. The van der Waals surface area contributed by atoms with Crippen LogP contribution in [-0.2, 0) is 13.6 Å². The Bertz CT molecular complexity index is 665. The number of rotatable bonds is 4. The second kappa shape index (κ2) is 5.32. The van der Waals surface area contributed by atoms with E-state index in [2.05, 4.69) is 10.4 Å². The fourth-order valence-corrected chi connectivity index (χ4v) is 2.15. The van der Waals surface area contributed by atoms with Crippen molar-refractivity contribution in [1.82, 2.24) is 9.78 Å². The molecule has 106 valence electrons. The maximum atomic E-state index is 13.6. The maximum absolute atomic E-state index is 13.6. The molecule has 0 aliphatic rings. The minimum Gasteiger partial charge on any atom is -0.478 e. The summed E-state index contributed by atoms with van der Waals surface area (Å²) in [7, 11) is 1.84. The summed E-state index contributed by atoms with van der Waals surface area (Å²) in [5.41, 5.74) is 2.76. The summed E-state index contributed by atoms with van der Waals surface area (Å²) in [6.07, 6.45) is 0. The van der Waals surface area contributed by atoms with E-state index >= 15 is 0 Å². The Morgan fingerprint density at radius 1 is 1.45 bits per heavy atom. The van der Waals surface area contributed by atoms with E-state index in [-0.39, 0.29) is 11.3 Å². The summed E-state index contributed by atoms with van der Waals surface area (Å²) in [5.74, 6) is -2.03. The molecule has 20 heavy (non-hydrogen) atoms. The van der Waals surface area contributed by atoms with Gasteiger partial charge in [-0.25, -0.2) is 9.18 Å². The van der Waals surface area contributed by atoms with Crippen molar-refractivity contribution in [3.8, 4) is 0 Å². The molecule has 0 spiro atoms. The molecule has 2 aromatic rings. The molecule has 1 aromatic carbocycles. The van der Waals surface area contributed by atoms with E-state index in [1.165, 1.54) is 6.07 Å². The largest absolute Gasteiger partial charge is 0.478 e. The molecule has 0 radical (unpaired) electrons. The number of halogens is 1. The van der Waals surface area contributed by atoms with Crippen LogP contribution in [-0.4, -0.2) is 20.9 Å². The van der Waals surface area contributed by atoms with Gasteiger partial charge in [0.25, 0.3) is 0 Å². The predicted octanol–water partition coefficient (Wildman–Crippen LogP) is 2.49. The zero-order chi connectivity index (χ0) is 14.9. The summed E-state index contributed by atoms with van der Waals surface area (Å²) >= 11 is 0. The quantitative estimate of drug-likeness (QED) is 0.901. The summed E-state index contributed by atoms with van der Waals surface area (Å²) < 4.78 is 15.3. The standard InChI is InChI=1S/C14H16FN3O2/c1-8-10(9(2)18(3)17-8)7-16-12-6-4-5-11(15)13(12)14(19)20/h4-6,16H,7H2,1-3H3,(H,19,20). The van der Waals surface area contributed by atoms with Crippen LogP contribution < -0.4 is 5.32 Å². The third-order valence-corrected chi connectivity index (χ3v) is 3.34. The van der Waals surface area contributed by atoms with Crippen LogP contribution in [0.15, 0.2) is 18.2 Å². The molecule has 2 rings (SSSR count). The summed E-state index contributed by atoms with van der Waals surface area (Å²) in [5, 5.41) is 16.3. The predicted molar refractivity (Wildman–Crippen MR) is 73.4 cm³/mol. The molecule has 0 amide bonds. The van der Waals surface area contributed by atoms with Crippen molar-refractivity contribution in [3.05, 3.63) is 46.5 Å². The first-order valence-electron chi connectivity index (χ1n) is 6.16. The average Bonchev–Trinajstić information content (AvgIpc) is 2.61. The van der Waals surface area contributed by atoms with E-state index in [4.69, 9.17) is 5.11 Å². The van der Waals surface area contributed by atoms with Gasteiger partial charge in [0.2, 0.25) is 0 Å². The van der Waals surface area contributed by atoms with Crippen LogP contribution in [0.1, 0.15) is 27.3 Å². The van der Waals surface area contributed by atoms with Gasteiger partial charge >= 0.3 is 5.97 Å². The second-order valence-corrected chi connectivity index (χ2v) is 4.59. The van der Waals surface area contributed by atoms with Crippen molar-refractivity contribution in [2.75, 3.05) is 5.32 Å². The highest BCUT2D eigenvalue weighted by molar-refractivity contribution is 5.94. The van der Waals surface area contributed by atoms with Crippen LogP contribution >= 0.6 is 0 Å². The van der Waals surface area contributed by atoms with Gasteiger partial charge in [0, 0.05) is 24.8 Å². The number of aromatic carboxylic acids is 1. The van der Waals surface area contributed by atoms with Crippen LogP contribution in [0.25, 0.3) is 0 Å². The van der Waals surface area contributed by atoms with Gasteiger partial charge in [-0.2, -0.15) is 5.10 Å². The highest BCUT2D eigenvalue weighted by Crippen LogP contribution is 2.21. The van der Waals surface area contributed by atoms with Gasteiger partial charge in [-0.05, 0) is 26.0 Å². The molecule has 0 bridgehead atoms. The van der Waals surface area contributed by atoms with E-state index in [0.717, 1.165) is 23.0 Å². The van der Waals surface area contributed by atoms with E-state index in [9.17, 15) is 9.18 Å². The molecule has 1 heterocycles. The Morgan fingerprint density at radius 2 is 2.15 bits per heavy atom. The fraction of sp³-hybridized carbons (Fsp3) is 0.286. The number of aromatic nitrogens is 2. The fourth-order valence-electron chi connectivity index (χ4n) is 2.15. The monoisotopic (exact) mass is 277 g/mol. The SMILES string of the molecule is Cc1nn(C)c(C)c1CNc1cccc(F)c1C(=O)O. The van der Waals surface area contributed by atoms with Crippen LogP contribution in [0.4, 0.5) is 10.1 Å². The molecule has 0 saturated heterocycles. The average molecular weight is 277 g/mol. The van der Waals surface area contributed by atoms with Crippen molar-refractivity contribution in [3.63, 3.8) is 0 Å². The van der Waals surface area contributed by atoms with Crippen molar-refractivity contribution < 1.29 is 14.3 Å². The molecule has 0 saturated carbocycles. The van der Waals surface area contributed by atoms with Gasteiger partial charge in [-0.1, -0.05) is 6.07 Å². The summed E-state index contributed by atoms with van der Waals surface area (Å²) in [6.45, 7) is 4.21. The zero-order valence-electron chi connectivity index (χ0n) is 11.6. The number of nitrogens with one attached hydrogen (secondary N) is 1. The Kier molecular flexibility index (Phi) is 3.74. The number of carboxylic acid groups (broad SMARTS) is 1. The van der Waals surface area contributed by atoms with E-state index < -0.39 is 11.8 Å². The normalized spacial score (nSPS) is 10.6. The summed E-state index contributed by atoms with van der Waals surface area (Å²) in [6, 6.07) is 4.16. The summed E-state index contributed by atoms with van der Waals surface area (Å²) in [4.78, 5) is 11.1. The topological polar surface area (TPSA) is 67.2 Å². The van der Waals surface area contributed by atoms with Crippen molar-refractivity contribution in [2.24, 2.45) is 7.05 Å². The lowest BCUT2D eigenvalue weighted by Gasteiger charge is -2.10. The number of hydrogen-bond acceptors (Lipinski definition) is 3. The van der Waals surface area contributed by atoms with Gasteiger partial charge in [0.1, 0.15) is 11.4 Å². The number of carbonyl (C=O) groups is 1. The van der Waals surface area contributed by atoms with E-state index in [1.807, 2.05) is 20.9 Å². The van der Waals surface area contributed by atoms with Crippen LogP contribution in [0, 0.1) is 19.7 Å². The first-order chi connectivity index (χ1) is 9.41. The van der Waals surface area contributed by atoms with Gasteiger partial charge in [0.05, 0.1) is 11.4 Å².